The molecule has 6 rings (SSSR count). The van der Waals surface area contributed by atoms with Crippen LogP contribution in [0.4, 0.5) is 11.5 Å². The number of hydrogen-bond acceptors (Lipinski definition) is 5. The third-order valence-corrected chi connectivity index (χ3v) is 6.68. The molecule has 0 aliphatic heterocycles. The van der Waals surface area contributed by atoms with Crippen molar-refractivity contribution in [1.29, 1.82) is 0 Å². The van der Waals surface area contributed by atoms with E-state index in [4.69, 9.17) is 10.5 Å². The van der Waals surface area contributed by atoms with Crippen LogP contribution in [0.25, 0.3) is 0 Å². The number of rotatable bonds is 4. The van der Waals surface area contributed by atoms with Crippen molar-refractivity contribution in [3.63, 3.8) is 0 Å². The number of ether oxygens (including phenoxy) is 1. The molecule has 4 aliphatic carbocycles. The molecule has 2 aromatic rings. The van der Waals surface area contributed by atoms with Crippen molar-refractivity contribution in [3.8, 4) is 11.6 Å². The van der Waals surface area contributed by atoms with Crippen molar-refractivity contribution >= 4 is 11.5 Å². The zero-order valence-corrected chi connectivity index (χ0v) is 16.2. The summed E-state index contributed by atoms with van der Waals surface area (Å²) >= 11 is 0. The minimum absolute atomic E-state index is 0.161. The van der Waals surface area contributed by atoms with Crippen molar-refractivity contribution in [2.45, 2.75) is 57.9 Å². The maximum Gasteiger partial charge on any atom is 0.248 e. The number of aryl methyl sites for hydroxylation is 2. The second-order valence-corrected chi connectivity index (χ2v) is 9.19. The minimum atomic E-state index is 0.161. The third kappa shape index (κ3) is 3.13. The average Bonchev–Trinajstić information content (AvgIpc) is 2.56. The molecule has 0 atom stereocenters. The molecule has 27 heavy (non-hydrogen) atoms. The van der Waals surface area contributed by atoms with Crippen molar-refractivity contribution < 1.29 is 4.74 Å². The van der Waals surface area contributed by atoms with E-state index in [2.05, 4.69) is 35.2 Å². The molecular formula is C22H28N4O. The van der Waals surface area contributed by atoms with E-state index in [0.29, 0.717) is 11.6 Å². The first-order chi connectivity index (χ1) is 13.0. The lowest BCUT2D eigenvalue weighted by Crippen LogP contribution is -2.55. The van der Waals surface area contributed by atoms with Gasteiger partial charge in [-0.2, -0.15) is 4.98 Å². The zero-order valence-electron chi connectivity index (χ0n) is 16.2. The molecule has 4 bridgehead atoms. The van der Waals surface area contributed by atoms with Gasteiger partial charge in [0.2, 0.25) is 5.88 Å². The summed E-state index contributed by atoms with van der Waals surface area (Å²) < 4.78 is 6.02. The standard InChI is InChI=1S/C22H28N4O/c1-13-3-14(2)5-18(4-13)27-21-19(23)20(24-12-25-21)26-22-9-15-6-16(10-22)8-17(7-15)11-22/h3-5,12,15-17H,6-11,23H2,1-2H3,(H,24,25,26). The maximum atomic E-state index is 6.42. The highest BCUT2D eigenvalue weighted by Crippen LogP contribution is 2.56. The zero-order chi connectivity index (χ0) is 18.6. The molecule has 4 aliphatic rings. The number of nitrogens with one attached hydrogen (secondary N) is 1. The summed E-state index contributed by atoms with van der Waals surface area (Å²) in [5.41, 5.74) is 9.41. The summed E-state index contributed by atoms with van der Waals surface area (Å²) in [4.78, 5) is 8.75. The second kappa shape index (κ2) is 6.11. The summed E-state index contributed by atoms with van der Waals surface area (Å²) in [6.07, 6.45) is 9.54. The Kier molecular flexibility index (Phi) is 3.81. The molecule has 1 heterocycles. The van der Waals surface area contributed by atoms with Crippen LogP contribution in [-0.2, 0) is 0 Å². The Bertz CT molecular complexity index is 823. The van der Waals surface area contributed by atoms with Gasteiger partial charge in [0.25, 0.3) is 0 Å². The predicted octanol–water partition coefficient (Wildman–Crippen LogP) is 4.85. The number of nitrogen functional groups attached to an aromatic ring is 1. The van der Waals surface area contributed by atoms with Gasteiger partial charge in [-0.25, -0.2) is 4.98 Å². The lowest BCUT2D eigenvalue weighted by Gasteiger charge is -2.57. The number of nitrogens with zero attached hydrogens (tertiary/aromatic N) is 2. The minimum Gasteiger partial charge on any atom is -0.437 e. The summed E-state index contributed by atoms with van der Waals surface area (Å²) in [5, 5.41) is 3.75. The molecule has 5 heteroatoms. The van der Waals surface area contributed by atoms with E-state index in [1.165, 1.54) is 38.5 Å². The first-order valence-electron chi connectivity index (χ1n) is 10.1. The fourth-order valence-corrected chi connectivity index (χ4v) is 6.18. The van der Waals surface area contributed by atoms with Crippen molar-refractivity contribution in [3.05, 3.63) is 35.7 Å². The quantitative estimate of drug-likeness (QED) is 0.811. The smallest absolute Gasteiger partial charge is 0.248 e. The number of anilines is 2. The van der Waals surface area contributed by atoms with Crippen molar-refractivity contribution in [2.24, 2.45) is 17.8 Å². The summed E-state index contributed by atoms with van der Waals surface area (Å²) in [6, 6.07) is 6.12. The van der Waals surface area contributed by atoms with E-state index in [-0.39, 0.29) is 5.54 Å². The van der Waals surface area contributed by atoms with Gasteiger partial charge in [0.05, 0.1) is 0 Å². The number of benzene rings is 1. The van der Waals surface area contributed by atoms with Gasteiger partial charge >= 0.3 is 0 Å². The summed E-state index contributed by atoms with van der Waals surface area (Å²) in [6.45, 7) is 4.12. The molecule has 5 nitrogen and oxygen atoms in total. The van der Waals surface area contributed by atoms with Crippen LogP contribution in [0.15, 0.2) is 24.5 Å². The van der Waals surface area contributed by atoms with Gasteiger partial charge in [0.15, 0.2) is 5.82 Å². The lowest BCUT2D eigenvalue weighted by molar-refractivity contribution is 0.0106. The van der Waals surface area contributed by atoms with E-state index < -0.39 is 0 Å². The van der Waals surface area contributed by atoms with E-state index >= 15 is 0 Å². The highest BCUT2D eigenvalue weighted by atomic mass is 16.5. The highest BCUT2D eigenvalue weighted by molar-refractivity contribution is 5.68. The van der Waals surface area contributed by atoms with Gasteiger partial charge in [-0.05, 0) is 93.4 Å². The van der Waals surface area contributed by atoms with Crippen LogP contribution >= 0.6 is 0 Å². The number of nitrogens with two attached hydrogens (primary N) is 1. The van der Waals surface area contributed by atoms with E-state index in [0.717, 1.165) is 40.4 Å². The van der Waals surface area contributed by atoms with Crippen molar-refractivity contribution in [1.82, 2.24) is 9.97 Å². The fourth-order valence-electron chi connectivity index (χ4n) is 6.18. The largest absolute Gasteiger partial charge is 0.437 e. The molecule has 0 amide bonds. The molecule has 1 aromatic heterocycles. The number of aromatic nitrogens is 2. The second-order valence-electron chi connectivity index (χ2n) is 9.19. The first kappa shape index (κ1) is 16.8. The van der Waals surface area contributed by atoms with Gasteiger partial charge in [0.1, 0.15) is 17.8 Å². The molecule has 0 saturated heterocycles. The van der Waals surface area contributed by atoms with Gasteiger partial charge < -0.3 is 15.8 Å². The number of hydrogen-bond donors (Lipinski definition) is 2. The first-order valence-corrected chi connectivity index (χ1v) is 10.1. The van der Waals surface area contributed by atoms with Crippen LogP contribution in [0, 0.1) is 31.6 Å². The molecule has 0 radical (unpaired) electrons. The van der Waals surface area contributed by atoms with Gasteiger partial charge in [-0.1, -0.05) is 6.07 Å². The van der Waals surface area contributed by atoms with Gasteiger partial charge in [-0.15, -0.1) is 0 Å². The molecule has 142 valence electrons. The van der Waals surface area contributed by atoms with E-state index in [9.17, 15) is 0 Å². The topological polar surface area (TPSA) is 73.1 Å². The fraction of sp³-hybridized carbons (Fsp3) is 0.545. The van der Waals surface area contributed by atoms with Crippen LogP contribution in [0.1, 0.15) is 49.7 Å². The monoisotopic (exact) mass is 364 g/mol. The average molecular weight is 364 g/mol. The van der Waals surface area contributed by atoms with E-state index in [1.54, 1.807) is 6.33 Å². The Morgan fingerprint density at radius 2 is 1.56 bits per heavy atom. The summed E-state index contributed by atoms with van der Waals surface area (Å²) in [7, 11) is 0. The SMILES string of the molecule is Cc1cc(C)cc(Oc2ncnc(NC34CC5CC(CC(C5)C3)C4)c2N)c1. The van der Waals surface area contributed by atoms with Crippen LogP contribution in [0.5, 0.6) is 11.6 Å². The molecule has 0 unspecified atom stereocenters. The Labute approximate surface area is 160 Å². The van der Waals surface area contributed by atoms with Crippen LogP contribution in [0.3, 0.4) is 0 Å². The Morgan fingerprint density at radius 3 is 2.15 bits per heavy atom. The normalized spacial score (nSPS) is 31.1. The Hall–Kier alpha value is -2.30. The molecule has 4 fully saturated rings. The molecular weight excluding hydrogens is 336 g/mol. The predicted molar refractivity (Wildman–Crippen MR) is 107 cm³/mol. The lowest BCUT2D eigenvalue weighted by atomic mass is 9.53. The van der Waals surface area contributed by atoms with Crippen LogP contribution in [-0.4, -0.2) is 15.5 Å². The summed E-state index contributed by atoms with van der Waals surface area (Å²) in [5.74, 6) is 4.54. The molecule has 1 aromatic carbocycles. The molecule has 0 spiro atoms. The van der Waals surface area contributed by atoms with Gasteiger partial charge in [-0.3, -0.25) is 0 Å². The Morgan fingerprint density at radius 1 is 0.963 bits per heavy atom. The van der Waals surface area contributed by atoms with Crippen LogP contribution in [0.2, 0.25) is 0 Å². The Balaban J connectivity index is 1.40. The molecule has 4 saturated carbocycles. The molecule has 3 N–H and O–H groups in total. The van der Waals surface area contributed by atoms with E-state index in [1.807, 2.05) is 12.1 Å². The maximum absolute atomic E-state index is 6.42. The third-order valence-electron chi connectivity index (χ3n) is 6.68. The van der Waals surface area contributed by atoms with Crippen LogP contribution < -0.4 is 15.8 Å². The van der Waals surface area contributed by atoms with Crippen molar-refractivity contribution in [2.75, 3.05) is 11.1 Å². The van der Waals surface area contributed by atoms with Gasteiger partial charge in [0, 0.05) is 5.54 Å². The highest BCUT2D eigenvalue weighted by Gasteiger charge is 2.51.